The van der Waals surface area contributed by atoms with Gasteiger partial charge in [-0.15, -0.1) is 0 Å². The third-order valence-corrected chi connectivity index (χ3v) is 2.62. The first-order chi connectivity index (χ1) is 10.8. The van der Waals surface area contributed by atoms with E-state index in [0.29, 0.717) is 6.21 Å². The molecule has 0 aliphatic heterocycles. The van der Waals surface area contributed by atoms with Gasteiger partial charge in [-0.05, 0) is 26.3 Å². The van der Waals surface area contributed by atoms with Crippen LogP contribution >= 0.6 is 0 Å². The van der Waals surface area contributed by atoms with Crippen LogP contribution < -0.4 is 5.32 Å². The van der Waals surface area contributed by atoms with Gasteiger partial charge in [0, 0.05) is 0 Å². The number of hydrogen-bond donors (Lipinski definition) is 1. The number of nitrogens with zero attached hydrogens (tertiary/aromatic N) is 2. The van der Waals surface area contributed by atoms with Crippen LogP contribution in [0, 0.1) is 0 Å². The molecule has 0 radical (unpaired) electrons. The lowest BCUT2D eigenvalue weighted by molar-refractivity contribution is -0.119. The lowest BCUT2D eigenvalue weighted by atomic mass is 10.2. The molecule has 124 valence electrons. The van der Waals surface area contributed by atoms with E-state index in [0.717, 1.165) is 5.56 Å². The zero-order valence-electron chi connectivity index (χ0n) is 13.5. The third-order valence-electron chi connectivity index (χ3n) is 2.62. The maximum atomic E-state index is 11.8. The number of benzene rings is 1. The molecule has 0 bridgehead atoms. The molecule has 0 saturated carbocycles. The van der Waals surface area contributed by atoms with E-state index in [-0.39, 0.29) is 13.2 Å². The molecule has 0 aliphatic rings. The lowest BCUT2D eigenvalue weighted by Gasteiger charge is -2.22. The summed E-state index contributed by atoms with van der Waals surface area (Å²) in [5.74, 6) is -0.591. The molecule has 23 heavy (non-hydrogen) atoms. The normalized spacial score (nSPS) is 12.0. The topological polar surface area (TPSA) is 101 Å². The minimum absolute atomic E-state index is 0.0704. The van der Waals surface area contributed by atoms with Crippen LogP contribution in [0.1, 0.15) is 26.3 Å². The molecule has 1 N–H and O–H groups in total. The summed E-state index contributed by atoms with van der Waals surface area (Å²) in [6.45, 7) is 5.36. The summed E-state index contributed by atoms with van der Waals surface area (Å²) in [7, 11) is 0. The molecular formula is C16H21N3O4. The smallest absolute Gasteiger partial charge is 0.408 e. The van der Waals surface area contributed by atoms with Crippen molar-refractivity contribution in [2.75, 3.05) is 6.61 Å². The summed E-state index contributed by atoms with van der Waals surface area (Å²) in [6.07, 6.45) is -0.0287. The number of rotatable bonds is 7. The van der Waals surface area contributed by atoms with E-state index in [9.17, 15) is 9.59 Å². The number of alkyl carbamates (subject to hydrolysis) is 1. The molecule has 1 rings (SSSR count). The Morgan fingerprint density at radius 3 is 2.52 bits per heavy atom. The fourth-order valence-electron chi connectivity index (χ4n) is 1.66. The Morgan fingerprint density at radius 1 is 1.30 bits per heavy atom. The Labute approximate surface area is 135 Å². The number of ketones is 1. The van der Waals surface area contributed by atoms with E-state index in [1.54, 1.807) is 20.8 Å². The second-order valence-electron chi connectivity index (χ2n) is 5.85. The molecule has 1 atom stereocenters. The first-order valence-corrected chi connectivity index (χ1v) is 7.14. The maximum absolute atomic E-state index is 11.8. The van der Waals surface area contributed by atoms with Crippen LogP contribution in [0.4, 0.5) is 4.79 Å². The molecule has 1 amide bonds. The summed E-state index contributed by atoms with van der Waals surface area (Å²) >= 11 is 0. The molecule has 0 aliphatic carbocycles. The highest BCUT2D eigenvalue weighted by Gasteiger charge is 2.25. The number of carbonyl (C=O) groups is 2. The van der Waals surface area contributed by atoms with Gasteiger partial charge in [0.25, 0.3) is 5.78 Å². The van der Waals surface area contributed by atoms with Crippen LogP contribution in [0.5, 0.6) is 0 Å². The van der Waals surface area contributed by atoms with E-state index >= 15 is 0 Å². The predicted molar refractivity (Wildman–Crippen MR) is 83.9 cm³/mol. The van der Waals surface area contributed by atoms with Gasteiger partial charge in [0.2, 0.25) is 0 Å². The average Bonchev–Trinajstić information content (AvgIpc) is 2.45. The van der Waals surface area contributed by atoms with Crippen LogP contribution in [0.15, 0.2) is 30.3 Å². The highest BCUT2D eigenvalue weighted by atomic mass is 16.6. The largest absolute Gasteiger partial charge is 0.444 e. The third kappa shape index (κ3) is 7.90. The minimum atomic E-state index is -0.996. The zero-order valence-corrected chi connectivity index (χ0v) is 13.5. The van der Waals surface area contributed by atoms with Crippen molar-refractivity contribution in [1.82, 2.24) is 5.32 Å². The van der Waals surface area contributed by atoms with Crippen LogP contribution in [-0.4, -0.2) is 41.1 Å². The number of ether oxygens (including phenoxy) is 2. The van der Waals surface area contributed by atoms with E-state index < -0.39 is 23.5 Å². The molecule has 1 unspecified atom stereocenters. The SMILES string of the molecule is CC(C)(C)OC(=O)NC(COCc1ccccc1)C(=O)C=[N+]=[N-]. The first kappa shape index (κ1) is 18.5. The molecule has 1 aromatic rings. The summed E-state index contributed by atoms with van der Waals surface area (Å²) in [5, 5.41) is 2.41. The molecule has 0 spiro atoms. The van der Waals surface area contributed by atoms with Gasteiger partial charge in [-0.2, -0.15) is 4.79 Å². The molecule has 7 heteroatoms. The molecule has 0 fully saturated rings. The number of Topliss-reactive ketones (excluding diaryl/α,β-unsaturated/α-hetero) is 1. The van der Waals surface area contributed by atoms with Crippen molar-refractivity contribution in [3.63, 3.8) is 0 Å². The summed E-state index contributed by atoms with van der Waals surface area (Å²) < 4.78 is 10.5. The Hall–Kier alpha value is -2.50. The molecule has 0 aromatic heterocycles. The standard InChI is InChI=1S/C16H21N3O4/c1-16(2,3)23-15(21)19-13(14(20)9-18-17)11-22-10-12-7-5-4-6-8-12/h4-9,13H,10-11H2,1-3H3,(H,19,21). The van der Waals surface area contributed by atoms with Crippen molar-refractivity contribution in [2.45, 2.75) is 39.0 Å². The average molecular weight is 319 g/mol. The molecule has 1 aromatic carbocycles. The number of carbonyl (C=O) groups excluding carboxylic acids is 2. The highest BCUT2D eigenvalue weighted by Crippen LogP contribution is 2.07. The Morgan fingerprint density at radius 2 is 1.96 bits per heavy atom. The number of nitrogens with one attached hydrogen (secondary N) is 1. The number of hydrogen-bond acceptors (Lipinski definition) is 4. The van der Waals surface area contributed by atoms with Crippen LogP contribution in [0.25, 0.3) is 5.53 Å². The van der Waals surface area contributed by atoms with E-state index in [1.165, 1.54) is 0 Å². The predicted octanol–water partition coefficient (Wildman–Crippen LogP) is 1.97. The van der Waals surface area contributed by atoms with Gasteiger partial charge in [-0.25, -0.2) is 4.79 Å². The van der Waals surface area contributed by atoms with Crippen molar-refractivity contribution in [1.29, 1.82) is 0 Å². The van der Waals surface area contributed by atoms with E-state index in [4.69, 9.17) is 15.0 Å². The summed E-state index contributed by atoms with van der Waals surface area (Å²) in [6, 6.07) is 8.40. The number of amides is 1. The van der Waals surface area contributed by atoms with Crippen molar-refractivity contribution < 1.29 is 23.9 Å². The van der Waals surface area contributed by atoms with Crippen LogP contribution in [-0.2, 0) is 20.9 Å². The van der Waals surface area contributed by atoms with Crippen LogP contribution in [0.2, 0.25) is 0 Å². The van der Waals surface area contributed by atoms with Crippen LogP contribution in [0.3, 0.4) is 0 Å². The van der Waals surface area contributed by atoms with Crippen molar-refractivity contribution >= 4 is 18.1 Å². The van der Waals surface area contributed by atoms with Gasteiger partial charge < -0.3 is 20.3 Å². The Balaban J connectivity index is 2.60. The Bertz CT molecular complexity index is 575. The van der Waals surface area contributed by atoms with Gasteiger partial charge in [0.1, 0.15) is 11.6 Å². The van der Waals surface area contributed by atoms with Gasteiger partial charge in [-0.1, -0.05) is 30.3 Å². The van der Waals surface area contributed by atoms with E-state index in [1.807, 2.05) is 30.3 Å². The second-order valence-corrected chi connectivity index (χ2v) is 5.85. The lowest BCUT2D eigenvalue weighted by Crippen LogP contribution is -2.46. The molecule has 0 saturated heterocycles. The fourth-order valence-corrected chi connectivity index (χ4v) is 1.66. The minimum Gasteiger partial charge on any atom is -0.444 e. The first-order valence-electron chi connectivity index (χ1n) is 7.14. The van der Waals surface area contributed by atoms with Crippen molar-refractivity contribution in [3.05, 3.63) is 41.4 Å². The molecular weight excluding hydrogens is 298 g/mol. The second kappa shape index (κ2) is 8.82. The van der Waals surface area contributed by atoms with Crippen molar-refractivity contribution in [3.8, 4) is 0 Å². The molecule has 7 nitrogen and oxygen atoms in total. The van der Waals surface area contributed by atoms with Gasteiger partial charge >= 0.3 is 12.3 Å². The molecule has 0 heterocycles. The monoisotopic (exact) mass is 319 g/mol. The zero-order chi connectivity index (χ0) is 17.3. The highest BCUT2D eigenvalue weighted by molar-refractivity contribution is 6.28. The van der Waals surface area contributed by atoms with Gasteiger partial charge in [0.15, 0.2) is 0 Å². The van der Waals surface area contributed by atoms with Crippen molar-refractivity contribution in [2.24, 2.45) is 0 Å². The van der Waals surface area contributed by atoms with Gasteiger partial charge in [0.05, 0.1) is 13.2 Å². The Kier molecular flexibility index (Phi) is 7.12. The quantitative estimate of drug-likeness (QED) is 0.471. The van der Waals surface area contributed by atoms with E-state index in [2.05, 4.69) is 10.1 Å². The summed E-state index contributed by atoms with van der Waals surface area (Å²) in [4.78, 5) is 26.3. The summed E-state index contributed by atoms with van der Waals surface area (Å²) in [5.41, 5.74) is 8.72. The van der Waals surface area contributed by atoms with Gasteiger partial charge in [-0.3, -0.25) is 4.79 Å². The fraction of sp³-hybridized carbons (Fsp3) is 0.438. The maximum Gasteiger partial charge on any atom is 0.408 e.